The van der Waals surface area contributed by atoms with Crippen LogP contribution in [0.1, 0.15) is 17.4 Å². The summed E-state index contributed by atoms with van der Waals surface area (Å²) in [4.78, 5) is 15.8. The first kappa shape index (κ1) is 16.2. The zero-order valence-corrected chi connectivity index (χ0v) is 12.5. The van der Waals surface area contributed by atoms with E-state index in [4.69, 9.17) is 11.6 Å². The number of benzene rings is 1. The maximum absolute atomic E-state index is 13.4. The molecule has 2 amide bonds. The molecule has 1 aromatic carbocycles. The first-order chi connectivity index (χ1) is 10.5. The lowest BCUT2D eigenvalue weighted by Gasteiger charge is -2.17. The van der Waals surface area contributed by atoms with Crippen LogP contribution in [0.5, 0.6) is 0 Å². The number of nitrogens with one attached hydrogen (secondary N) is 2. The van der Waals surface area contributed by atoms with E-state index in [1.54, 1.807) is 7.05 Å². The van der Waals surface area contributed by atoms with Gasteiger partial charge in [-0.15, -0.1) is 0 Å². The molecule has 9 heteroatoms. The van der Waals surface area contributed by atoms with Crippen molar-refractivity contribution in [3.8, 4) is 0 Å². The van der Waals surface area contributed by atoms with Crippen LogP contribution < -0.4 is 10.6 Å². The number of rotatable bonds is 5. The van der Waals surface area contributed by atoms with Gasteiger partial charge < -0.3 is 15.7 Å². The number of aryl methyl sites for hydroxylation is 1. The van der Waals surface area contributed by atoms with Crippen LogP contribution in [-0.2, 0) is 13.6 Å². The molecule has 0 aliphatic rings. The van der Waals surface area contributed by atoms with E-state index in [0.717, 1.165) is 0 Å². The molecule has 0 bridgehead atoms. The predicted octanol–water partition coefficient (Wildman–Crippen LogP) is 1.14. The number of hydrogen-bond acceptors (Lipinski definition) is 4. The Bertz CT molecular complexity index is 664. The van der Waals surface area contributed by atoms with E-state index in [0.29, 0.717) is 11.4 Å². The van der Waals surface area contributed by atoms with Gasteiger partial charge in [0.25, 0.3) is 0 Å². The number of urea groups is 1. The summed E-state index contributed by atoms with van der Waals surface area (Å²) in [6.45, 7) is -0.240. The van der Waals surface area contributed by atoms with E-state index in [9.17, 15) is 14.3 Å². The highest BCUT2D eigenvalue weighted by atomic mass is 35.5. The highest BCUT2D eigenvalue weighted by molar-refractivity contribution is 6.30. The molecule has 3 N–H and O–H groups in total. The zero-order chi connectivity index (χ0) is 16.1. The summed E-state index contributed by atoms with van der Waals surface area (Å²) in [5.74, 6) is -0.159. The fourth-order valence-electron chi connectivity index (χ4n) is 1.80. The standard InChI is InChI=1S/C13H15ClFN5O2/c1-20-7-17-12(19-20)5-16-13(22)18-11(6-21)8-2-3-9(14)10(15)4-8/h2-4,7,11,21H,5-6H2,1H3,(H2,16,18,22). The zero-order valence-electron chi connectivity index (χ0n) is 11.8. The van der Waals surface area contributed by atoms with Crippen molar-refractivity contribution in [2.24, 2.45) is 7.05 Å². The third-order valence-electron chi connectivity index (χ3n) is 2.89. The van der Waals surface area contributed by atoms with Gasteiger partial charge in [-0.05, 0) is 17.7 Å². The van der Waals surface area contributed by atoms with Gasteiger partial charge in [-0.2, -0.15) is 5.10 Å². The van der Waals surface area contributed by atoms with Crippen LogP contribution in [0.15, 0.2) is 24.5 Å². The van der Waals surface area contributed by atoms with Gasteiger partial charge in [0, 0.05) is 7.05 Å². The van der Waals surface area contributed by atoms with E-state index in [2.05, 4.69) is 20.7 Å². The van der Waals surface area contributed by atoms with Crippen molar-refractivity contribution in [2.45, 2.75) is 12.6 Å². The number of aliphatic hydroxyl groups excluding tert-OH is 1. The molecule has 0 fully saturated rings. The molecule has 0 spiro atoms. The Morgan fingerprint density at radius 3 is 2.91 bits per heavy atom. The number of halogens is 2. The van der Waals surface area contributed by atoms with E-state index in [-0.39, 0.29) is 18.2 Å². The molecule has 0 saturated carbocycles. The molecule has 2 aromatic rings. The lowest BCUT2D eigenvalue weighted by molar-refractivity contribution is 0.216. The lowest BCUT2D eigenvalue weighted by atomic mass is 10.1. The lowest BCUT2D eigenvalue weighted by Crippen LogP contribution is -2.39. The minimum absolute atomic E-state index is 0.0221. The Morgan fingerprint density at radius 1 is 1.55 bits per heavy atom. The van der Waals surface area contributed by atoms with Crippen LogP contribution in [0.25, 0.3) is 0 Å². The smallest absolute Gasteiger partial charge is 0.315 e. The first-order valence-electron chi connectivity index (χ1n) is 6.44. The number of amides is 2. The van der Waals surface area contributed by atoms with Gasteiger partial charge in [0.15, 0.2) is 5.82 Å². The Morgan fingerprint density at radius 2 is 2.32 bits per heavy atom. The highest BCUT2D eigenvalue weighted by Crippen LogP contribution is 2.20. The summed E-state index contributed by atoms with van der Waals surface area (Å²) in [6.07, 6.45) is 1.52. The van der Waals surface area contributed by atoms with Gasteiger partial charge in [-0.3, -0.25) is 4.68 Å². The third-order valence-corrected chi connectivity index (χ3v) is 3.19. The largest absolute Gasteiger partial charge is 0.394 e. The molecule has 0 aliphatic carbocycles. The second-order valence-electron chi connectivity index (χ2n) is 4.57. The molecule has 1 atom stereocenters. The Labute approximate surface area is 131 Å². The molecule has 0 radical (unpaired) electrons. The molecule has 7 nitrogen and oxygen atoms in total. The molecule has 1 unspecified atom stereocenters. The number of carbonyl (C=O) groups excluding carboxylic acids is 1. The molecular weight excluding hydrogens is 313 g/mol. The Kier molecular flexibility index (Phi) is 5.29. The molecule has 118 valence electrons. The van der Waals surface area contributed by atoms with Crippen LogP contribution in [0, 0.1) is 5.82 Å². The third kappa shape index (κ3) is 4.15. The van der Waals surface area contributed by atoms with E-state index in [1.165, 1.54) is 29.2 Å². The minimum atomic E-state index is -0.747. The molecule has 1 heterocycles. The summed E-state index contributed by atoms with van der Waals surface area (Å²) in [6, 6.07) is 2.80. The molecule has 22 heavy (non-hydrogen) atoms. The summed E-state index contributed by atoms with van der Waals surface area (Å²) in [5, 5.41) is 18.4. The summed E-state index contributed by atoms with van der Waals surface area (Å²) >= 11 is 5.60. The van der Waals surface area contributed by atoms with Crippen LogP contribution in [0.4, 0.5) is 9.18 Å². The fraction of sp³-hybridized carbons (Fsp3) is 0.308. The molecule has 1 aromatic heterocycles. The monoisotopic (exact) mass is 327 g/mol. The molecule has 0 aliphatic heterocycles. The quantitative estimate of drug-likeness (QED) is 0.768. The summed E-state index contributed by atoms with van der Waals surface area (Å²) in [5.41, 5.74) is 0.413. The Hall–Kier alpha value is -2.19. The second-order valence-corrected chi connectivity index (χ2v) is 4.98. The van der Waals surface area contributed by atoms with Crippen molar-refractivity contribution in [1.29, 1.82) is 0 Å². The van der Waals surface area contributed by atoms with Crippen molar-refractivity contribution < 1.29 is 14.3 Å². The van der Waals surface area contributed by atoms with E-state index >= 15 is 0 Å². The van der Waals surface area contributed by atoms with Gasteiger partial charge >= 0.3 is 6.03 Å². The van der Waals surface area contributed by atoms with E-state index in [1.807, 2.05) is 0 Å². The number of nitrogens with zero attached hydrogens (tertiary/aromatic N) is 3. The molecular formula is C13H15ClFN5O2. The van der Waals surface area contributed by atoms with Crippen molar-refractivity contribution >= 4 is 17.6 Å². The average molecular weight is 328 g/mol. The number of hydrogen-bond donors (Lipinski definition) is 3. The van der Waals surface area contributed by atoms with Crippen LogP contribution in [-0.4, -0.2) is 32.5 Å². The van der Waals surface area contributed by atoms with Crippen molar-refractivity contribution in [3.05, 3.63) is 46.8 Å². The maximum Gasteiger partial charge on any atom is 0.315 e. The Balaban J connectivity index is 1.94. The van der Waals surface area contributed by atoms with Crippen molar-refractivity contribution in [1.82, 2.24) is 25.4 Å². The normalized spacial score (nSPS) is 12.0. The second kappa shape index (κ2) is 7.19. The van der Waals surface area contributed by atoms with Crippen LogP contribution in [0.2, 0.25) is 5.02 Å². The number of aromatic nitrogens is 3. The molecule has 0 saturated heterocycles. The molecule has 2 rings (SSSR count). The van der Waals surface area contributed by atoms with Crippen LogP contribution >= 0.6 is 11.6 Å². The van der Waals surface area contributed by atoms with E-state index < -0.39 is 17.9 Å². The van der Waals surface area contributed by atoms with Crippen molar-refractivity contribution in [3.63, 3.8) is 0 Å². The topological polar surface area (TPSA) is 92.1 Å². The number of carbonyl (C=O) groups is 1. The van der Waals surface area contributed by atoms with Crippen molar-refractivity contribution in [2.75, 3.05) is 6.61 Å². The fourth-order valence-corrected chi connectivity index (χ4v) is 1.91. The predicted molar refractivity (Wildman–Crippen MR) is 77.6 cm³/mol. The highest BCUT2D eigenvalue weighted by Gasteiger charge is 2.15. The summed E-state index contributed by atoms with van der Waals surface area (Å²) < 4.78 is 14.9. The first-order valence-corrected chi connectivity index (χ1v) is 6.82. The SMILES string of the molecule is Cn1cnc(CNC(=O)NC(CO)c2ccc(Cl)c(F)c2)n1. The van der Waals surface area contributed by atoms with Crippen LogP contribution in [0.3, 0.4) is 0 Å². The summed E-state index contributed by atoms with van der Waals surface area (Å²) in [7, 11) is 1.72. The number of aliphatic hydroxyl groups is 1. The maximum atomic E-state index is 13.4. The van der Waals surface area contributed by atoms with Gasteiger partial charge in [0.05, 0.1) is 24.2 Å². The average Bonchev–Trinajstić information content (AvgIpc) is 2.91. The van der Waals surface area contributed by atoms with Gasteiger partial charge in [0.2, 0.25) is 0 Å². The minimum Gasteiger partial charge on any atom is -0.394 e. The van der Waals surface area contributed by atoms with Gasteiger partial charge in [0.1, 0.15) is 12.1 Å². The van der Waals surface area contributed by atoms with Gasteiger partial charge in [-0.1, -0.05) is 17.7 Å². The van der Waals surface area contributed by atoms with Gasteiger partial charge in [-0.25, -0.2) is 14.2 Å².